The molecule has 5 nitrogen and oxygen atoms in total. The second kappa shape index (κ2) is 12.7. The van der Waals surface area contributed by atoms with Gasteiger partial charge in [0, 0.05) is 26.9 Å². The fourth-order valence-corrected chi connectivity index (χ4v) is 3.89. The number of amides is 2. The summed E-state index contributed by atoms with van der Waals surface area (Å²) >= 11 is 12.2. The molecule has 0 bridgehead atoms. The Morgan fingerprint density at radius 1 is 0.711 bits per heavy atom. The Hall–Kier alpha value is -4.45. The zero-order valence-corrected chi connectivity index (χ0v) is 21.5. The summed E-state index contributed by atoms with van der Waals surface area (Å²) in [4.78, 5) is 38.5. The highest BCUT2D eigenvalue weighted by atomic mass is 35.5. The molecule has 4 aromatic carbocycles. The van der Waals surface area contributed by atoms with Gasteiger partial charge in [-0.15, -0.1) is 0 Å². The highest BCUT2D eigenvalue weighted by molar-refractivity contribution is 6.32. The molecule has 0 saturated carbocycles. The number of carbonyl (C=O) groups excluding carboxylic acids is 3. The van der Waals surface area contributed by atoms with Crippen LogP contribution in [0.5, 0.6) is 0 Å². The van der Waals surface area contributed by atoms with Crippen molar-refractivity contribution in [1.29, 1.82) is 0 Å². The van der Waals surface area contributed by atoms with Gasteiger partial charge in [-0.05, 0) is 84.0 Å². The van der Waals surface area contributed by atoms with Crippen molar-refractivity contribution < 1.29 is 14.4 Å². The van der Waals surface area contributed by atoms with Crippen LogP contribution in [-0.4, -0.2) is 17.6 Å². The maximum Gasteiger partial charge on any atom is 0.272 e. The number of hydrogen-bond acceptors (Lipinski definition) is 3. The van der Waals surface area contributed by atoms with Crippen molar-refractivity contribution >= 4 is 58.6 Å². The second-order valence-electron chi connectivity index (χ2n) is 8.18. The van der Waals surface area contributed by atoms with Gasteiger partial charge in [0.1, 0.15) is 5.70 Å². The van der Waals surface area contributed by atoms with Gasteiger partial charge >= 0.3 is 0 Å². The molecule has 0 radical (unpaired) electrons. The summed E-state index contributed by atoms with van der Waals surface area (Å²) in [5.41, 5.74) is 2.71. The molecule has 2 N–H and O–H groups in total. The van der Waals surface area contributed by atoms with Crippen LogP contribution >= 0.6 is 23.2 Å². The largest absolute Gasteiger partial charge is 0.321 e. The number of rotatable bonds is 8. The normalized spacial score (nSPS) is 11.3. The average molecular weight is 541 g/mol. The predicted octanol–water partition coefficient (Wildman–Crippen LogP) is 7.30. The van der Waals surface area contributed by atoms with E-state index < -0.39 is 11.8 Å². The topological polar surface area (TPSA) is 75.3 Å². The van der Waals surface area contributed by atoms with Crippen molar-refractivity contribution in [3.05, 3.63) is 147 Å². The minimum absolute atomic E-state index is 0.0314. The maximum atomic E-state index is 13.2. The number of nitrogens with one attached hydrogen (secondary N) is 2. The Labute approximate surface area is 230 Å². The molecule has 0 atom stereocenters. The van der Waals surface area contributed by atoms with Gasteiger partial charge in [-0.1, -0.05) is 71.7 Å². The first-order valence-electron chi connectivity index (χ1n) is 11.6. The molecule has 4 rings (SSSR count). The third-order valence-corrected chi connectivity index (χ3v) is 6.01. The number of halogens is 2. The van der Waals surface area contributed by atoms with Crippen molar-refractivity contribution in [3.63, 3.8) is 0 Å². The molecule has 0 saturated heterocycles. The van der Waals surface area contributed by atoms with E-state index in [9.17, 15) is 14.4 Å². The summed E-state index contributed by atoms with van der Waals surface area (Å²) in [6.07, 6.45) is 4.64. The lowest BCUT2D eigenvalue weighted by Crippen LogP contribution is -2.30. The quantitative estimate of drug-likeness (QED) is 0.182. The molecule has 0 aliphatic carbocycles. The zero-order chi connectivity index (χ0) is 26.9. The van der Waals surface area contributed by atoms with Crippen LogP contribution in [0.2, 0.25) is 10.0 Å². The molecule has 38 heavy (non-hydrogen) atoms. The smallest absolute Gasteiger partial charge is 0.272 e. The predicted molar refractivity (Wildman–Crippen MR) is 153 cm³/mol. The van der Waals surface area contributed by atoms with Gasteiger partial charge in [-0.3, -0.25) is 14.4 Å². The van der Waals surface area contributed by atoms with Gasteiger partial charge < -0.3 is 10.6 Å². The molecule has 7 heteroatoms. The lowest BCUT2D eigenvalue weighted by Gasteiger charge is -2.12. The van der Waals surface area contributed by atoms with E-state index >= 15 is 0 Å². The Morgan fingerprint density at radius 2 is 1.42 bits per heavy atom. The first-order chi connectivity index (χ1) is 18.4. The molecular formula is C31H22Cl2N2O3. The Bertz CT molecular complexity index is 1530. The maximum absolute atomic E-state index is 13.2. The molecule has 0 aliphatic rings. The monoisotopic (exact) mass is 540 g/mol. The molecule has 4 aromatic rings. The SMILES string of the molecule is O=C(Nc1ccc(C(=O)/C=C/c2ccccc2Cl)cc1)/C(=C/c1cccc(Cl)c1)NC(=O)c1ccccc1. The van der Waals surface area contributed by atoms with Crippen LogP contribution in [0.4, 0.5) is 5.69 Å². The van der Waals surface area contributed by atoms with Crippen LogP contribution in [0.3, 0.4) is 0 Å². The zero-order valence-electron chi connectivity index (χ0n) is 20.0. The van der Waals surface area contributed by atoms with Crippen molar-refractivity contribution in [2.24, 2.45) is 0 Å². The summed E-state index contributed by atoms with van der Waals surface area (Å²) in [5.74, 6) is -1.17. The molecule has 188 valence electrons. The third-order valence-electron chi connectivity index (χ3n) is 5.44. The fourth-order valence-electron chi connectivity index (χ4n) is 3.49. The fraction of sp³-hybridized carbons (Fsp3) is 0. The molecular weight excluding hydrogens is 519 g/mol. The van der Waals surface area contributed by atoms with Gasteiger partial charge in [0.2, 0.25) is 0 Å². The van der Waals surface area contributed by atoms with E-state index in [0.29, 0.717) is 32.4 Å². The number of anilines is 1. The Kier molecular flexibility index (Phi) is 8.88. The van der Waals surface area contributed by atoms with E-state index in [-0.39, 0.29) is 11.5 Å². The van der Waals surface area contributed by atoms with Gasteiger partial charge in [-0.2, -0.15) is 0 Å². The van der Waals surface area contributed by atoms with Crippen molar-refractivity contribution in [1.82, 2.24) is 5.32 Å². The number of benzene rings is 4. The van der Waals surface area contributed by atoms with Crippen LogP contribution in [0.25, 0.3) is 12.2 Å². The van der Waals surface area contributed by atoms with E-state index in [2.05, 4.69) is 10.6 Å². The number of carbonyl (C=O) groups is 3. The first-order valence-corrected chi connectivity index (χ1v) is 12.4. The minimum Gasteiger partial charge on any atom is -0.321 e. The summed E-state index contributed by atoms with van der Waals surface area (Å²) in [6, 6.07) is 29.2. The molecule has 0 aliphatic heterocycles. The van der Waals surface area contributed by atoms with E-state index in [0.717, 1.165) is 5.56 Å². The van der Waals surface area contributed by atoms with Crippen LogP contribution in [0.15, 0.2) is 115 Å². The van der Waals surface area contributed by atoms with Crippen LogP contribution in [-0.2, 0) is 4.79 Å². The van der Waals surface area contributed by atoms with Crippen LogP contribution in [0, 0.1) is 0 Å². The number of allylic oxidation sites excluding steroid dienone is 1. The highest BCUT2D eigenvalue weighted by Crippen LogP contribution is 2.18. The summed E-state index contributed by atoms with van der Waals surface area (Å²) < 4.78 is 0. The molecule has 0 spiro atoms. The average Bonchev–Trinajstić information content (AvgIpc) is 2.93. The van der Waals surface area contributed by atoms with Gasteiger partial charge in [-0.25, -0.2) is 0 Å². The minimum atomic E-state index is -0.535. The molecule has 0 unspecified atom stereocenters. The highest BCUT2D eigenvalue weighted by Gasteiger charge is 2.15. The van der Waals surface area contributed by atoms with Crippen LogP contribution < -0.4 is 10.6 Å². The second-order valence-corrected chi connectivity index (χ2v) is 9.03. The molecule has 0 heterocycles. The van der Waals surface area contributed by atoms with Crippen molar-refractivity contribution in [2.45, 2.75) is 0 Å². The van der Waals surface area contributed by atoms with Crippen molar-refractivity contribution in [3.8, 4) is 0 Å². The van der Waals surface area contributed by atoms with E-state index in [1.54, 1.807) is 97.1 Å². The molecule has 0 aromatic heterocycles. The number of ketones is 1. The first kappa shape index (κ1) is 26.6. The van der Waals surface area contributed by atoms with Crippen molar-refractivity contribution in [2.75, 3.05) is 5.32 Å². The Balaban J connectivity index is 1.50. The summed E-state index contributed by atoms with van der Waals surface area (Å²) in [7, 11) is 0. The van der Waals surface area contributed by atoms with Gasteiger partial charge in [0.15, 0.2) is 5.78 Å². The van der Waals surface area contributed by atoms with Gasteiger partial charge in [0.05, 0.1) is 0 Å². The lowest BCUT2D eigenvalue weighted by atomic mass is 10.1. The molecule has 0 fully saturated rings. The number of hydrogen-bond donors (Lipinski definition) is 2. The lowest BCUT2D eigenvalue weighted by molar-refractivity contribution is -0.113. The summed E-state index contributed by atoms with van der Waals surface area (Å²) in [5, 5.41) is 6.49. The van der Waals surface area contributed by atoms with E-state index in [4.69, 9.17) is 23.2 Å². The van der Waals surface area contributed by atoms with E-state index in [1.165, 1.54) is 6.08 Å². The van der Waals surface area contributed by atoms with E-state index in [1.807, 2.05) is 18.2 Å². The van der Waals surface area contributed by atoms with Gasteiger partial charge in [0.25, 0.3) is 11.8 Å². The van der Waals surface area contributed by atoms with Crippen LogP contribution in [0.1, 0.15) is 31.8 Å². The summed E-state index contributed by atoms with van der Waals surface area (Å²) in [6.45, 7) is 0. The standard InChI is InChI=1S/C31H22Cl2N2O3/c32-25-11-6-7-21(19-25)20-28(35-30(37)24-9-2-1-3-10-24)31(38)34-26-16-13-23(14-17-26)29(36)18-15-22-8-4-5-12-27(22)33/h1-20H,(H,34,38)(H,35,37)/b18-15+,28-20-. The third kappa shape index (κ3) is 7.29. The Morgan fingerprint density at radius 3 is 2.13 bits per heavy atom. The molecule has 2 amide bonds.